The molecule has 0 atom stereocenters. The van der Waals surface area contributed by atoms with E-state index in [0.29, 0.717) is 39.1 Å². The van der Waals surface area contributed by atoms with Crippen molar-refractivity contribution in [3.8, 4) is 0 Å². The normalized spacial score (nSPS) is 11.6. The smallest absolute Gasteiger partial charge is 0.306 e. The summed E-state index contributed by atoms with van der Waals surface area (Å²) in [5.41, 5.74) is 0. The number of hydrogen-bond donors (Lipinski definition) is 0. The number of ether oxygens (including phenoxy) is 4. The minimum absolute atomic E-state index is 0.173. The second-order valence-electron chi connectivity index (χ2n) is 7.17. The van der Waals surface area contributed by atoms with Gasteiger partial charge in [-0.2, -0.15) is 0 Å². The predicted octanol–water partition coefficient (Wildman–Crippen LogP) is 1.57. The van der Waals surface area contributed by atoms with Crippen LogP contribution in [0.4, 0.5) is 0 Å². The zero-order valence-corrected chi connectivity index (χ0v) is 18.6. The molecule has 8 nitrogen and oxygen atoms in total. The Kier molecular flexibility index (Phi) is 16.0. The highest BCUT2D eigenvalue weighted by atomic mass is 16.5. The van der Waals surface area contributed by atoms with Gasteiger partial charge in [0.25, 0.3) is 0 Å². The van der Waals surface area contributed by atoms with Gasteiger partial charge in [0, 0.05) is 39.3 Å². The fourth-order valence-electron chi connectivity index (χ4n) is 2.49. The average molecular weight is 405 g/mol. The van der Waals surface area contributed by atoms with Crippen LogP contribution in [0.25, 0.3) is 0 Å². The summed E-state index contributed by atoms with van der Waals surface area (Å²) in [5, 5.41) is 0. The van der Waals surface area contributed by atoms with E-state index in [1.165, 1.54) is 14.2 Å². The quantitative estimate of drug-likeness (QED) is 0.338. The van der Waals surface area contributed by atoms with Gasteiger partial charge < -0.3 is 18.9 Å². The maximum absolute atomic E-state index is 11.5. The zero-order chi connectivity index (χ0) is 21.4. The van der Waals surface area contributed by atoms with E-state index in [9.17, 15) is 9.59 Å². The number of nitrogens with zero attached hydrogens (tertiary/aromatic N) is 2. The van der Waals surface area contributed by atoms with E-state index in [4.69, 9.17) is 18.9 Å². The molecule has 0 aliphatic rings. The van der Waals surface area contributed by atoms with Crippen molar-refractivity contribution in [2.45, 2.75) is 52.7 Å². The van der Waals surface area contributed by atoms with Crippen LogP contribution in [0.3, 0.4) is 0 Å². The molecule has 0 aromatic carbocycles. The van der Waals surface area contributed by atoms with Crippen LogP contribution in [0.5, 0.6) is 0 Å². The van der Waals surface area contributed by atoms with Gasteiger partial charge in [-0.05, 0) is 27.7 Å². The van der Waals surface area contributed by atoms with Crippen molar-refractivity contribution in [2.24, 2.45) is 0 Å². The average Bonchev–Trinajstić information content (AvgIpc) is 2.65. The van der Waals surface area contributed by atoms with Gasteiger partial charge in [-0.25, -0.2) is 0 Å². The molecule has 166 valence electrons. The summed E-state index contributed by atoms with van der Waals surface area (Å²) in [6, 6.07) is 0. The molecule has 0 saturated heterocycles. The summed E-state index contributed by atoms with van der Waals surface area (Å²) in [6.07, 6.45) is 1.03. The van der Waals surface area contributed by atoms with Gasteiger partial charge in [0.2, 0.25) is 0 Å². The van der Waals surface area contributed by atoms with Crippen molar-refractivity contribution in [1.29, 1.82) is 0 Å². The van der Waals surface area contributed by atoms with Gasteiger partial charge in [0.1, 0.15) is 0 Å². The maximum atomic E-state index is 11.5. The monoisotopic (exact) mass is 404 g/mol. The molecular weight excluding hydrogens is 364 g/mol. The maximum Gasteiger partial charge on any atom is 0.306 e. The summed E-state index contributed by atoms with van der Waals surface area (Å²) >= 11 is 0. The molecule has 0 heterocycles. The van der Waals surface area contributed by atoms with Gasteiger partial charge in [0.05, 0.1) is 52.5 Å². The highest BCUT2D eigenvalue weighted by molar-refractivity contribution is 5.69. The molecule has 0 unspecified atom stereocenters. The number of rotatable bonds is 17. The Morgan fingerprint density at radius 1 is 0.643 bits per heavy atom. The van der Waals surface area contributed by atoms with Gasteiger partial charge in [-0.15, -0.1) is 0 Å². The van der Waals surface area contributed by atoms with Crippen molar-refractivity contribution in [2.75, 3.05) is 66.7 Å². The Labute approximate surface area is 170 Å². The van der Waals surface area contributed by atoms with Gasteiger partial charge in [-0.3, -0.25) is 19.4 Å². The van der Waals surface area contributed by atoms with E-state index >= 15 is 0 Å². The third kappa shape index (κ3) is 15.8. The first-order chi connectivity index (χ1) is 13.3. The molecule has 0 N–H and O–H groups in total. The first-order valence-electron chi connectivity index (χ1n) is 10.1. The van der Waals surface area contributed by atoms with Gasteiger partial charge >= 0.3 is 11.9 Å². The summed E-state index contributed by atoms with van der Waals surface area (Å²) < 4.78 is 20.8. The van der Waals surface area contributed by atoms with Crippen LogP contribution in [0.15, 0.2) is 0 Å². The summed E-state index contributed by atoms with van der Waals surface area (Å²) in [7, 11) is 2.80. The second kappa shape index (κ2) is 16.7. The molecule has 0 saturated carbocycles. The van der Waals surface area contributed by atoms with Crippen LogP contribution < -0.4 is 0 Å². The molecule has 0 aromatic rings. The molecule has 0 spiro atoms. The Morgan fingerprint density at radius 2 is 1.00 bits per heavy atom. The molecular formula is C20H40N2O6. The van der Waals surface area contributed by atoms with Crippen LogP contribution in [-0.2, 0) is 28.5 Å². The fraction of sp³-hybridized carbons (Fsp3) is 0.900. The minimum Gasteiger partial charge on any atom is -0.469 e. The van der Waals surface area contributed by atoms with Crippen LogP contribution in [0.1, 0.15) is 40.5 Å². The highest BCUT2D eigenvalue weighted by Crippen LogP contribution is 2.01. The van der Waals surface area contributed by atoms with Gasteiger partial charge in [0.15, 0.2) is 0 Å². The number of carbonyl (C=O) groups is 2. The lowest BCUT2D eigenvalue weighted by Gasteiger charge is -2.28. The lowest BCUT2D eigenvalue weighted by Crippen LogP contribution is -2.40. The van der Waals surface area contributed by atoms with Crippen molar-refractivity contribution in [3.63, 3.8) is 0 Å². The molecule has 0 amide bonds. The standard InChI is InChI=1S/C20H40N2O6/c1-17(2)27-15-13-21(9-7-19(23)25-5)11-12-22(10-8-20(24)26-6)14-16-28-18(3)4/h17-18H,7-16H2,1-6H3. The van der Waals surface area contributed by atoms with Crippen molar-refractivity contribution in [1.82, 2.24) is 9.80 Å². The third-order valence-electron chi connectivity index (χ3n) is 4.17. The van der Waals surface area contributed by atoms with E-state index in [1.807, 2.05) is 27.7 Å². The van der Waals surface area contributed by atoms with Crippen molar-refractivity contribution >= 4 is 11.9 Å². The number of methoxy groups -OCH3 is 2. The summed E-state index contributed by atoms with van der Waals surface area (Å²) in [5.74, 6) is -0.440. The molecule has 0 radical (unpaired) electrons. The number of esters is 2. The third-order valence-corrected chi connectivity index (χ3v) is 4.17. The lowest BCUT2D eigenvalue weighted by atomic mass is 10.3. The molecule has 28 heavy (non-hydrogen) atoms. The van der Waals surface area contributed by atoms with Crippen LogP contribution in [-0.4, -0.2) is 101 Å². The lowest BCUT2D eigenvalue weighted by molar-refractivity contribution is -0.142. The fourth-order valence-corrected chi connectivity index (χ4v) is 2.49. The Balaban J connectivity index is 4.62. The second-order valence-corrected chi connectivity index (χ2v) is 7.17. The predicted molar refractivity (Wildman–Crippen MR) is 108 cm³/mol. The molecule has 0 fully saturated rings. The highest BCUT2D eigenvalue weighted by Gasteiger charge is 2.13. The molecule has 0 bridgehead atoms. The van der Waals surface area contributed by atoms with E-state index in [1.54, 1.807) is 0 Å². The molecule has 0 aliphatic heterocycles. The van der Waals surface area contributed by atoms with Crippen molar-refractivity contribution in [3.05, 3.63) is 0 Å². The Morgan fingerprint density at radius 3 is 1.29 bits per heavy atom. The van der Waals surface area contributed by atoms with E-state index < -0.39 is 0 Å². The molecule has 0 aliphatic carbocycles. The Hall–Kier alpha value is -1.22. The number of hydrogen-bond acceptors (Lipinski definition) is 8. The molecule has 0 rings (SSSR count). The molecule has 0 aromatic heterocycles. The Bertz CT molecular complexity index is 380. The number of carbonyl (C=O) groups excluding carboxylic acids is 2. The summed E-state index contributed by atoms with van der Waals surface area (Å²) in [4.78, 5) is 27.4. The van der Waals surface area contributed by atoms with Crippen LogP contribution in [0.2, 0.25) is 0 Å². The van der Waals surface area contributed by atoms with E-state index in [0.717, 1.165) is 26.2 Å². The van der Waals surface area contributed by atoms with Crippen LogP contribution >= 0.6 is 0 Å². The zero-order valence-electron chi connectivity index (χ0n) is 18.6. The van der Waals surface area contributed by atoms with E-state index in [-0.39, 0.29) is 24.1 Å². The van der Waals surface area contributed by atoms with Gasteiger partial charge in [-0.1, -0.05) is 0 Å². The van der Waals surface area contributed by atoms with Crippen LogP contribution in [0, 0.1) is 0 Å². The SMILES string of the molecule is COC(=O)CCN(CCOC(C)C)CCN(CCOC(C)C)CCC(=O)OC. The minimum atomic E-state index is -0.220. The largest absolute Gasteiger partial charge is 0.469 e. The summed E-state index contributed by atoms with van der Waals surface area (Å²) in [6.45, 7) is 13.5. The first-order valence-corrected chi connectivity index (χ1v) is 10.1. The molecule has 8 heteroatoms. The first kappa shape index (κ1) is 26.8. The topological polar surface area (TPSA) is 77.5 Å². The van der Waals surface area contributed by atoms with E-state index in [2.05, 4.69) is 9.80 Å². The van der Waals surface area contributed by atoms with Crippen molar-refractivity contribution < 1.29 is 28.5 Å².